The third-order valence-corrected chi connectivity index (χ3v) is 2.86. The maximum absolute atomic E-state index is 11.8. The van der Waals surface area contributed by atoms with Crippen LogP contribution in [0.3, 0.4) is 0 Å². The number of methoxy groups -OCH3 is 1. The molecule has 1 aromatic rings. The van der Waals surface area contributed by atoms with Crippen LogP contribution in [0, 0.1) is 5.41 Å². The molecule has 1 heterocycles. The van der Waals surface area contributed by atoms with Gasteiger partial charge in [-0.05, 0) is 18.9 Å². The van der Waals surface area contributed by atoms with Gasteiger partial charge in [0.15, 0.2) is 0 Å². The predicted octanol–water partition coefficient (Wildman–Crippen LogP) is 0.294. The number of carbonyl (C=O) groups excluding carboxylic acids is 2. The SMILES string of the molecule is COc1ccc(NC(=O)C2(C(N)=O)CC2)cn1. The molecule has 6 nitrogen and oxygen atoms in total. The summed E-state index contributed by atoms with van der Waals surface area (Å²) < 4.78 is 4.89. The number of hydrogen-bond acceptors (Lipinski definition) is 4. The van der Waals surface area contributed by atoms with E-state index in [1.54, 1.807) is 12.1 Å². The molecule has 0 atom stereocenters. The van der Waals surface area contributed by atoms with Crippen molar-refractivity contribution in [2.45, 2.75) is 12.8 Å². The van der Waals surface area contributed by atoms with Gasteiger partial charge < -0.3 is 15.8 Å². The van der Waals surface area contributed by atoms with Crippen molar-refractivity contribution in [3.63, 3.8) is 0 Å². The maximum atomic E-state index is 11.8. The Bertz CT molecular complexity index is 452. The molecular weight excluding hydrogens is 222 g/mol. The number of amides is 2. The van der Waals surface area contributed by atoms with Gasteiger partial charge in [-0.3, -0.25) is 9.59 Å². The van der Waals surface area contributed by atoms with Gasteiger partial charge in [-0.15, -0.1) is 0 Å². The van der Waals surface area contributed by atoms with Gasteiger partial charge in [0.05, 0.1) is 19.0 Å². The minimum atomic E-state index is -1.01. The molecule has 0 aromatic carbocycles. The van der Waals surface area contributed by atoms with Crippen molar-refractivity contribution in [2.75, 3.05) is 12.4 Å². The van der Waals surface area contributed by atoms with Gasteiger partial charge >= 0.3 is 0 Å². The fourth-order valence-electron chi connectivity index (χ4n) is 1.54. The van der Waals surface area contributed by atoms with Gasteiger partial charge in [-0.2, -0.15) is 0 Å². The first-order valence-corrected chi connectivity index (χ1v) is 5.20. The minimum absolute atomic E-state index is 0.364. The second-order valence-electron chi connectivity index (χ2n) is 3.99. The summed E-state index contributed by atoms with van der Waals surface area (Å²) in [6.45, 7) is 0. The zero-order valence-corrected chi connectivity index (χ0v) is 9.40. The first-order valence-electron chi connectivity index (χ1n) is 5.20. The Kier molecular flexibility index (Phi) is 2.71. The van der Waals surface area contributed by atoms with Gasteiger partial charge in [0, 0.05) is 6.07 Å². The molecule has 90 valence electrons. The zero-order valence-electron chi connectivity index (χ0n) is 9.40. The Labute approximate surface area is 98.2 Å². The molecule has 1 aliphatic carbocycles. The number of nitrogens with one attached hydrogen (secondary N) is 1. The van der Waals surface area contributed by atoms with Crippen LogP contribution in [0.25, 0.3) is 0 Å². The van der Waals surface area contributed by atoms with Crippen LogP contribution in [0.2, 0.25) is 0 Å². The van der Waals surface area contributed by atoms with E-state index in [0.717, 1.165) is 0 Å². The molecule has 1 saturated carbocycles. The predicted molar refractivity (Wildman–Crippen MR) is 60.3 cm³/mol. The number of aromatic nitrogens is 1. The van der Waals surface area contributed by atoms with Gasteiger partial charge in [0.2, 0.25) is 17.7 Å². The molecule has 0 bridgehead atoms. The number of anilines is 1. The minimum Gasteiger partial charge on any atom is -0.481 e. The molecule has 17 heavy (non-hydrogen) atoms. The van der Waals surface area contributed by atoms with Gasteiger partial charge in [0.25, 0.3) is 0 Å². The normalized spacial score (nSPS) is 16.1. The van der Waals surface area contributed by atoms with Crippen LogP contribution in [-0.2, 0) is 9.59 Å². The average Bonchev–Trinajstić information content (AvgIpc) is 3.11. The van der Waals surface area contributed by atoms with Crippen LogP contribution >= 0.6 is 0 Å². The molecular formula is C11H13N3O3. The number of ether oxygens (including phenoxy) is 1. The summed E-state index contributed by atoms with van der Waals surface area (Å²) in [6, 6.07) is 3.28. The first kappa shape index (κ1) is 11.4. The van der Waals surface area contributed by atoms with Crippen LogP contribution < -0.4 is 15.8 Å². The topological polar surface area (TPSA) is 94.3 Å². The highest BCUT2D eigenvalue weighted by atomic mass is 16.5. The van der Waals surface area contributed by atoms with Crippen molar-refractivity contribution in [3.8, 4) is 5.88 Å². The number of hydrogen-bond donors (Lipinski definition) is 2. The Balaban J connectivity index is 2.06. The van der Waals surface area contributed by atoms with E-state index in [9.17, 15) is 9.59 Å². The number of pyridine rings is 1. The second-order valence-corrected chi connectivity index (χ2v) is 3.99. The summed E-state index contributed by atoms with van der Waals surface area (Å²) >= 11 is 0. The fraction of sp³-hybridized carbons (Fsp3) is 0.364. The highest BCUT2D eigenvalue weighted by molar-refractivity contribution is 6.12. The molecule has 3 N–H and O–H groups in total. The first-order chi connectivity index (χ1) is 8.08. The van der Waals surface area contributed by atoms with E-state index in [1.807, 2.05) is 0 Å². The van der Waals surface area contributed by atoms with Crippen molar-refractivity contribution in [1.29, 1.82) is 0 Å². The molecule has 0 radical (unpaired) electrons. The fourth-order valence-corrected chi connectivity index (χ4v) is 1.54. The average molecular weight is 235 g/mol. The summed E-state index contributed by atoms with van der Waals surface area (Å²) in [7, 11) is 1.51. The highest BCUT2D eigenvalue weighted by Crippen LogP contribution is 2.46. The summed E-state index contributed by atoms with van der Waals surface area (Å²) in [4.78, 5) is 26.9. The Morgan fingerprint density at radius 1 is 1.47 bits per heavy atom. The zero-order chi connectivity index (χ0) is 12.5. The molecule has 6 heteroatoms. The number of carbonyl (C=O) groups is 2. The van der Waals surface area contributed by atoms with Crippen molar-refractivity contribution in [2.24, 2.45) is 11.1 Å². The van der Waals surface area contributed by atoms with E-state index in [-0.39, 0.29) is 5.91 Å². The van der Waals surface area contributed by atoms with Gasteiger partial charge in [-0.1, -0.05) is 0 Å². The Hall–Kier alpha value is -2.11. The number of nitrogens with zero attached hydrogens (tertiary/aromatic N) is 1. The third-order valence-electron chi connectivity index (χ3n) is 2.86. The lowest BCUT2D eigenvalue weighted by Crippen LogP contribution is -2.36. The second kappa shape index (κ2) is 4.04. The summed E-state index contributed by atoms with van der Waals surface area (Å²) in [6.07, 6.45) is 2.49. The smallest absolute Gasteiger partial charge is 0.240 e. The lowest BCUT2D eigenvalue weighted by Gasteiger charge is -2.11. The largest absolute Gasteiger partial charge is 0.481 e. The summed E-state index contributed by atoms with van der Waals surface area (Å²) in [5.74, 6) is -0.479. The van der Waals surface area contributed by atoms with E-state index in [0.29, 0.717) is 24.4 Å². The van der Waals surface area contributed by atoms with E-state index in [4.69, 9.17) is 10.5 Å². The molecule has 0 saturated heterocycles. The highest BCUT2D eigenvalue weighted by Gasteiger charge is 2.55. The van der Waals surface area contributed by atoms with Gasteiger partial charge in [0.1, 0.15) is 5.41 Å². The van der Waals surface area contributed by atoms with Crippen LogP contribution in [-0.4, -0.2) is 23.9 Å². The van der Waals surface area contributed by atoms with Crippen molar-refractivity contribution >= 4 is 17.5 Å². The molecule has 2 rings (SSSR count). The molecule has 0 aliphatic heterocycles. The number of rotatable bonds is 4. The van der Waals surface area contributed by atoms with E-state index in [1.165, 1.54) is 13.3 Å². The Morgan fingerprint density at radius 3 is 2.59 bits per heavy atom. The molecule has 0 unspecified atom stereocenters. The molecule has 1 aliphatic rings. The lowest BCUT2D eigenvalue weighted by atomic mass is 10.1. The molecule has 1 aromatic heterocycles. The number of nitrogens with two attached hydrogens (primary N) is 1. The monoisotopic (exact) mass is 235 g/mol. The van der Waals surface area contributed by atoms with E-state index in [2.05, 4.69) is 10.3 Å². The van der Waals surface area contributed by atoms with Crippen LogP contribution in [0.4, 0.5) is 5.69 Å². The Morgan fingerprint density at radius 2 is 2.18 bits per heavy atom. The van der Waals surface area contributed by atoms with E-state index < -0.39 is 11.3 Å². The summed E-state index contributed by atoms with van der Waals surface area (Å²) in [5, 5.41) is 2.62. The molecule has 0 spiro atoms. The molecule has 1 fully saturated rings. The quantitative estimate of drug-likeness (QED) is 0.733. The standard InChI is InChI=1S/C11H13N3O3/c1-17-8-3-2-7(6-13-8)14-10(16)11(4-5-11)9(12)15/h2-3,6H,4-5H2,1H3,(H2,12,15)(H,14,16). The third kappa shape index (κ3) is 2.06. The van der Waals surface area contributed by atoms with Crippen LogP contribution in [0.5, 0.6) is 5.88 Å². The summed E-state index contributed by atoms with van der Waals surface area (Å²) in [5.41, 5.74) is 4.70. The molecule has 2 amide bonds. The maximum Gasteiger partial charge on any atom is 0.240 e. The number of primary amides is 1. The van der Waals surface area contributed by atoms with Gasteiger partial charge in [-0.25, -0.2) is 4.98 Å². The van der Waals surface area contributed by atoms with E-state index >= 15 is 0 Å². The van der Waals surface area contributed by atoms with Crippen molar-refractivity contribution < 1.29 is 14.3 Å². The lowest BCUT2D eigenvalue weighted by molar-refractivity contribution is -0.132. The van der Waals surface area contributed by atoms with Crippen molar-refractivity contribution in [3.05, 3.63) is 18.3 Å². The van der Waals surface area contributed by atoms with Crippen LogP contribution in [0.1, 0.15) is 12.8 Å². The van der Waals surface area contributed by atoms with Crippen LogP contribution in [0.15, 0.2) is 18.3 Å². The van der Waals surface area contributed by atoms with Crippen molar-refractivity contribution in [1.82, 2.24) is 4.98 Å².